The summed E-state index contributed by atoms with van der Waals surface area (Å²) in [6.07, 6.45) is 4.81. The highest BCUT2D eigenvalue weighted by molar-refractivity contribution is 7.99. The number of nitrogens with zero attached hydrogens (tertiary/aromatic N) is 5. The summed E-state index contributed by atoms with van der Waals surface area (Å²) in [6.45, 7) is 3.86. The van der Waals surface area contributed by atoms with Gasteiger partial charge in [0.1, 0.15) is 11.4 Å². The summed E-state index contributed by atoms with van der Waals surface area (Å²) in [5.74, 6) is 0.523. The molecule has 0 saturated heterocycles. The number of hydrogen-bond acceptors (Lipinski definition) is 8. The number of aromatic nitrogens is 5. The Bertz CT molecular complexity index is 1670. The lowest BCUT2D eigenvalue weighted by molar-refractivity contribution is -0.113. The van der Waals surface area contributed by atoms with E-state index in [2.05, 4.69) is 30.8 Å². The second-order valence-corrected chi connectivity index (χ2v) is 10.0. The average molecular weight is 566 g/mol. The third kappa shape index (κ3) is 6.42. The van der Waals surface area contributed by atoms with Gasteiger partial charge in [-0.1, -0.05) is 47.7 Å². The Morgan fingerprint density at radius 2 is 1.71 bits per heavy atom. The van der Waals surface area contributed by atoms with E-state index in [4.69, 9.17) is 4.74 Å². The molecule has 2 amide bonds. The van der Waals surface area contributed by atoms with Crippen LogP contribution in [0.5, 0.6) is 5.75 Å². The minimum absolute atomic E-state index is 0.0686. The normalized spacial score (nSPS) is 10.7. The zero-order chi connectivity index (χ0) is 28.8. The van der Waals surface area contributed by atoms with Gasteiger partial charge in [-0.05, 0) is 49.7 Å². The van der Waals surface area contributed by atoms with Crippen molar-refractivity contribution in [2.45, 2.75) is 19.0 Å². The fourth-order valence-corrected chi connectivity index (χ4v) is 4.81. The van der Waals surface area contributed by atoms with Crippen molar-refractivity contribution < 1.29 is 14.3 Å². The van der Waals surface area contributed by atoms with E-state index in [0.717, 1.165) is 16.8 Å². The topological polar surface area (TPSA) is 124 Å². The number of benzene rings is 3. The van der Waals surface area contributed by atoms with Crippen LogP contribution in [0.15, 0.2) is 90.5 Å². The number of aryl methyl sites for hydroxylation is 2. The molecule has 0 spiro atoms. The fourth-order valence-electron chi connectivity index (χ4n) is 4.06. The average Bonchev–Trinajstić information content (AvgIpc) is 3.42. The Kier molecular flexibility index (Phi) is 8.35. The maximum Gasteiger partial charge on any atom is 0.255 e. The van der Waals surface area contributed by atoms with Gasteiger partial charge in [-0.15, -0.1) is 10.2 Å². The molecule has 5 rings (SSSR count). The first-order chi connectivity index (χ1) is 19.9. The number of methoxy groups -OCH3 is 1. The number of hydrogen-bond donors (Lipinski definition) is 2. The zero-order valence-corrected chi connectivity index (χ0v) is 23.5. The predicted molar refractivity (Wildman–Crippen MR) is 159 cm³/mol. The first-order valence-electron chi connectivity index (χ1n) is 12.7. The van der Waals surface area contributed by atoms with E-state index in [-0.39, 0.29) is 17.6 Å². The SMILES string of the molecule is COc1cc(NC(=O)c2ccccc2)c(C)cc1NC(=O)CSc1nnc(-c2cnccn2)n1-c1ccc(C)cc1. The quantitative estimate of drug-likeness (QED) is 0.230. The molecule has 0 fully saturated rings. The molecular formula is C30H27N7O3S. The van der Waals surface area contributed by atoms with Crippen molar-refractivity contribution in [3.05, 3.63) is 102 Å². The van der Waals surface area contributed by atoms with E-state index in [1.807, 2.05) is 48.7 Å². The second kappa shape index (κ2) is 12.4. The van der Waals surface area contributed by atoms with Crippen LogP contribution in [0.4, 0.5) is 11.4 Å². The molecule has 0 radical (unpaired) electrons. The van der Waals surface area contributed by atoms with Gasteiger partial charge < -0.3 is 15.4 Å². The van der Waals surface area contributed by atoms with Gasteiger partial charge in [-0.2, -0.15) is 0 Å². The summed E-state index contributed by atoms with van der Waals surface area (Å²) in [6, 6.07) is 20.3. The number of carbonyl (C=O) groups is 2. The summed E-state index contributed by atoms with van der Waals surface area (Å²) in [4.78, 5) is 34.2. The van der Waals surface area contributed by atoms with Crippen LogP contribution in [0.25, 0.3) is 17.2 Å². The van der Waals surface area contributed by atoms with E-state index >= 15 is 0 Å². The molecule has 0 aliphatic carbocycles. The number of rotatable bonds is 9. The van der Waals surface area contributed by atoms with E-state index in [9.17, 15) is 9.59 Å². The molecule has 206 valence electrons. The lowest BCUT2D eigenvalue weighted by Gasteiger charge is -2.15. The van der Waals surface area contributed by atoms with Gasteiger partial charge in [0.15, 0.2) is 11.0 Å². The van der Waals surface area contributed by atoms with Crippen molar-refractivity contribution in [3.63, 3.8) is 0 Å². The molecule has 2 heterocycles. The Morgan fingerprint density at radius 1 is 0.927 bits per heavy atom. The van der Waals surface area contributed by atoms with Crippen LogP contribution in [-0.4, -0.2) is 49.4 Å². The third-order valence-corrected chi connectivity index (χ3v) is 7.08. The molecule has 3 aromatic carbocycles. The predicted octanol–water partition coefficient (Wildman–Crippen LogP) is 5.33. The van der Waals surface area contributed by atoms with Crippen molar-refractivity contribution in [2.75, 3.05) is 23.5 Å². The lowest BCUT2D eigenvalue weighted by atomic mass is 10.1. The monoisotopic (exact) mass is 565 g/mol. The van der Waals surface area contributed by atoms with Crippen LogP contribution in [0.3, 0.4) is 0 Å². The van der Waals surface area contributed by atoms with E-state index < -0.39 is 0 Å². The summed E-state index contributed by atoms with van der Waals surface area (Å²) in [5.41, 5.74) is 4.92. The van der Waals surface area contributed by atoms with Crippen LogP contribution in [0.2, 0.25) is 0 Å². The van der Waals surface area contributed by atoms with E-state index in [1.165, 1.54) is 18.9 Å². The number of anilines is 2. The number of amides is 2. The molecule has 0 bridgehead atoms. The van der Waals surface area contributed by atoms with Gasteiger partial charge in [0, 0.05) is 35.4 Å². The zero-order valence-electron chi connectivity index (χ0n) is 22.7. The van der Waals surface area contributed by atoms with Gasteiger partial charge in [0.2, 0.25) is 5.91 Å². The smallest absolute Gasteiger partial charge is 0.255 e. The summed E-state index contributed by atoms with van der Waals surface area (Å²) in [5, 5.41) is 15.0. The van der Waals surface area contributed by atoms with Gasteiger partial charge in [0.05, 0.1) is 24.7 Å². The van der Waals surface area contributed by atoms with Crippen LogP contribution in [-0.2, 0) is 4.79 Å². The second-order valence-electron chi connectivity index (χ2n) is 9.09. The van der Waals surface area contributed by atoms with Crippen molar-refractivity contribution >= 4 is 35.0 Å². The van der Waals surface area contributed by atoms with Crippen LogP contribution >= 0.6 is 11.8 Å². The Labute approximate surface area is 241 Å². The lowest BCUT2D eigenvalue weighted by Crippen LogP contribution is -2.16. The molecule has 0 aliphatic heterocycles. The number of nitrogens with one attached hydrogen (secondary N) is 2. The molecule has 11 heteroatoms. The van der Waals surface area contributed by atoms with Gasteiger partial charge in [-0.25, -0.2) is 4.98 Å². The minimum atomic E-state index is -0.256. The minimum Gasteiger partial charge on any atom is -0.494 e. The third-order valence-electron chi connectivity index (χ3n) is 6.15. The van der Waals surface area contributed by atoms with Crippen molar-refractivity contribution in [1.82, 2.24) is 24.7 Å². The fraction of sp³-hybridized carbons (Fsp3) is 0.133. The molecule has 41 heavy (non-hydrogen) atoms. The van der Waals surface area contributed by atoms with Gasteiger partial charge >= 0.3 is 0 Å². The Hall–Kier alpha value is -5.03. The van der Waals surface area contributed by atoms with Crippen LogP contribution < -0.4 is 15.4 Å². The van der Waals surface area contributed by atoms with Crippen LogP contribution in [0, 0.1) is 13.8 Å². The molecule has 0 unspecified atom stereocenters. The largest absolute Gasteiger partial charge is 0.494 e. The van der Waals surface area contributed by atoms with Crippen molar-refractivity contribution in [1.29, 1.82) is 0 Å². The first-order valence-corrected chi connectivity index (χ1v) is 13.7. The highest BCUT2D eigenvalue weighted by Gasteiger charge is 2.19. The molecule has 5 aromatic rings. The first kappa shape index (κ1) is 27.5. The van der Waals surface area contributed by atoms with Gasteiger partial charge in [-0.3, -0.25) is 19.1 Å². The van der Waals surface area contributed by atoms with Gasteiger partial charge in [0.25, 0.3) is 5.91 Å². The molecule has 0 atom stereocenters. The number of carbonyl (C=O) groups excluding carboxylic acids is 2. The standard InChI is InChI=1S/C30H27N7O3S/c1-19-9-11-22(12-10-19)37-28(25-17-31-13-14-32-25)35-36-30(37)41-18-27(38)33-24-15-20(2)23(16-26(24)40-3)34-29(39)21-7-5-4-6-8-21/h4-17H,18H2,1-3H3,(H,33,38)(H,34,39). The maximum absolute atomic E-state index is 13.0. The summed E-state index contributed by atoms with van der Waals surface area (Å²) < 4.78 is 7.38. The number of thioether (sulfide) groups is 1. The number of ether oxygens (including phenoxy) is 1. The molecule has 2 N–H and O–H groups in total. The summed E-state index contributed by atoms with van der Waals surface area (Å²) in [7, 11) is 1.51. The van der Waals surface area contributed by atoms with E-state index in [1.54, 1.807) is 55.0 Å². The highest BCUT2D eigenvalue weighted by atomic mass is 32.2. The molecule has 2 aromatic heterocycles. The summed E-state index contributed by atoms with van der Waals surface area (Å²) >= 11 is 1.25. The van der Waals surface area contributed by atoms with Crippen molar-refractivity contribution in [2.24, 2.45) is 0 Å². The Morgan fingerprint density at radius 3 is 2.41 bits per heavy atom. The highest BCUT2D eigenvalue weighted by Crippen LogP contribution is 2.32. The maximum atomic E-state index is 13.0. The molecule has 0 aliphatic rings. The molecule has 10 nitrogen and oxygen atoms in total. The molecule has 0 saturated carbocycles. The van der Waals surface area contributed by atoms with Crippen LogP contribution in [0.1, 0.15) is 21.5 Å². The van der Waals surface area contributed by atoms with E-state index in [0.29, 0.717) is 39.4 Å². The van der Waals surface area contributed by atoms with Crippen molar-refractivity contribution in [3.8, 4) is 23.0 Å². The molecular weight excluding hydrogens is 538 g/mol. The Balaban J connectivity index is 1.32.